The Kier molecular flexibility index (Phi) is 7.33. The molecular weight excluding hydrogens is 563 g/mol. The van der Waals surface area contributed by atoms with Crippen molar-refractivity contribution in [2.75, 3.05) is 12.1 Å². The molecule has 2 amide bonds. The van der Waals surface area contributed by atoms with E-state index < -0.39 is 41.2 Å². The summed E-state index contributed by atoms with van der Waals surface area (Å²) in [6.07, 6.45) is 0. The van der Waals surface area contributed by atoms with Crippen LogP contribution in [0.3, 0.4) is 0 Å². The third-order valence-corrected chi connectivity index (χ3v) is 8.58. The number of ether oxygens (including phenoxy) is 2. The second-order valence-corrected chi connectivity index (χ2v) is 11.5. The van der Waals surface area contributed by atoms with E-state index in [1.807, 2.05) is 26.0 Å². The number of hydrogen-bond donors (Lipinski definition) is 2. The molecule has 2 aliphatic heterocycles. The number of halogens is 1. The lowest BCUT2D eigenvalue weighted by molar-refractivity contribution is -0.148. The molecule has 0 spiro atoms. The van der Waals surface area contributed by atoms with Crippen molar-refractivity contribution < 1.29 is 33.4 Å². The number of carboxylic acid groups (broad SMARTS) is 1. The summed E-state index contributed by atoms with van der Waals surface area (Å²) in [5.41, 5.74) is 1.56. The number of carbonyl (C=O) groups excluding carboxylic acids is 2. The van der Waals surface area contributed by atoms with E-state index in [4.69, 9.17) is 9.47 Å². The topological polar surface area (TPSA) is 105 Å². The lowest BCUT2D eigenvalue weighted by atomic mass is 9.71. The first kappa shape index (κ1) is 28.9. The Morgan fingerprint density at radius 2 is 1.52 bits per heavy atom. The third-order valence-electron chi connectivity index (χ3n) is 8.58. The van der Waals surface area contributed by atoms with Crippen molar-refractivity contribution in [1.82, 2.24) is 4.90 Å². The smallest absolute Gasteiger partial charge is 0.330 e. The molecule has 0 radical (unpaired) electrons. The molecule has 8 nitrogen and oxygen atoms in total. The number of anilines is 1. The molecule has 44 heavy (non-hydrogen) atoms. The van der Waals surface area contributed by atoms with Crippen molar-refractivity contribution >= 4 is 23.5 Å². The highest BCUT2D eigenvalue weighted by Crippen LogP contribution is 2.57. The summed E-state index contributed by atoms with van der Waals surface area (Å²) in [6.45, 7) is 5.20. The molecule has 9 heteroatoms. The lowest BCUT2D eigenvalue weighted by Crippen LogP contribution is -2.55. The van der Waals surface area contributed by atoms with Crippen LogP contribution in [0.25, 0.3) is 0 Å². The van der Waals surface area contributed by atoms with Gasteiger partial charge in [-0.2, -0.15) is 0 Å². The summed E-state index contributed by atoms with van der Waals surface area (Å²) in [5.74, 6) is -3.38. The second-order valence-electron chi connectivity index (χ2n) is 11.5. The van der Waals surface area contributed by atoms with Crippen LogP contribution in [-0.4, -0.2) is 40.1 Å². The van der Waals surface area contributed by atoms with Gasteiger partial charge in [-0.05, 0) is 79.9 Å². The molecule has 6 rings (SSSR count). The van der Waals surface area contributed by atoms with Crippen LogP contribution in [0.5, 0.6) is 11.5 Å². The summed E-state index contributed by atoms with van der Waals surface area (Å²) in [4.78, 5) is 43.8. The third kappa shape index (κ3) is 4.94. The zero-order chi connectivity index (χ0) is 31.2. The number of aryl methyl sites for hydroxylation is 2. The van der Waals surface area contributed by atoms with Gasteiger partial charge in [0.2, 0.25) is 6.79 Å². The van der Waals surface area contributed by atoms with Gasteiger partial charge in [0.1, 0.15) is 11.4 Å². The molecule has 2 heterocycles. The fourth-order valence-corrected chi connectivity index (χ4v) is 6.55. The first-order valence-electron chi connectivity index (χ1n) is 14.2. The van der Waals surface area contributed by atoms with Gasteiger partial charge in [-0.15, -0.1) is 0 Å². The summed E-state index contributed by atoms with van der Waals surface area (Å²) in [7, 11) is 0. The molecular formula is C35H31FN2O6. The van der Waals surface area contributed by atoms with Crippen LogP contribution >= 0.6 is 0 Å². The van der Waals surface area contributed by atoms with E-state index in [1.54, 1.807) is 54.6 Å². The van der Waals surface area contributed by atoms with Crippen molar-refractivity contribution in [2.45, 2.75) is 38.3 Å². The predicted molar refractivity (Wildman–Crippen MR) is 162 cm³/mol. The van der Waals surface area contributed by atoms with E-state index in [0.29, 0.717) is 33.9 Å². The van der Waals surface area contributed by atoms with E-state index >= 15 is 0 Å². The Bertz CT molecular complexity index is 1770. The molecule has 4 aromatic carbocycles. The molecule has 0 bridgehead atoms. The molecule has 0 aromatic heterocycles. The highest BCUT2D eigenvalue weighted by atomic mass is 19.1. The molecule has 1 saturated heterocycles. The number of ketones is 1. The number of fused-ring (bicyclic) bond motifs is 1. The SMILES string of the molecule is Cc1cccc(NC(=O)N2C(c3ccc4c(c3)OCO4)C(C(=O)c3cccc(C)c3)C(c3ccc(F)cc3)C2(C)C(=O)O)c1. The van der Waals surface area contributed by atoms with Crippen LogP contribution in [0.4, 0.5) is 14.9 Å². The Hall–Kier alpha value is -5.18. The van der Waals surface area contributed by atoms with Crippen LogP contribution < -0.4 is 14.8 Å². The number of rotatable bonds is 6. The van der Waals surface area contributed by atoms with Crippen molar-refractivity contribution in [3.8, 4) is 11.5 Å². The molecule has 224 valence electrons. The minimum absolute atomic E-state index is 0.0116. The Labute approximate surface area is 254 Å². The van der Waals surface area contributed by atoms with E-state index in [1.165, 1.54) is 36.1 Å². The van der Waals surface area contributed by atoms with Gasteiger partial charge in [0.05, 0.1) is 12.0 Å². The van der Waals surface area contributed by atoms with Crippen LogP contribution in [0.15, 0.2) is 91.0 Å². The maximum absolute atomic E-state index is 14.7. The fourth-order valence-electron chi connectivity index (χ4n) is 6.55. The Morgan fingerprint density at radius 1 is 0.864 bits per heavy atom. The average molecular weight is 595 g/mol. The molecule has 2 N–H and O–H groups in total. The van der Waals surface area contributed by atoms with Gasteiger partial charge < -0.3 is 19.9 Å². The number of hydrogen-bond acceptors (Lipinski definition) is 5. The normalized spacial score (nSPS) is 22.1. The number of nitrogens with one attached hydrogen (secondary N) is 1. The zero-order valence-electron chi connectivity index (χ0n) is 24.4. The summed E-state index contributed by atoms with van der Waals surface area (Å²) >= 11 is 0. The largest absolute Gasteiger partial charge is 0.479 e. The van der Waals surface area contributed by atoms with Gasteiger partial charge in [0, 0.05) is 17.2 Å². The number of nitrogens with zero attached hydrogens (tertiary/aromatic N) is 1. The lowest BCUT2D eigenvalue weighted by Gasteiger charge is -2.37. The molecule has 2 aliphatic rings. The number of likely N-dealkylation sites (tertiary alicyclic amines) is 1. The van der Waals surface area contributed by atoms with Gasteiger partial charge >= 0.3 is 12.0 Å². The van der Waals surface area contributed by atoms with Crippen LogP contribution in [0.1, 0.15) is 51.5 Å². The van der Waals surface area contributed by atoms with Gasteiger partial charge in [-0.1, -0.05) is 54.1 Å². The quantitative estimate of drug-likeness (QED) is 0.236. The van der Waals surface area contributed by atoms with E-state index in [9.17, 15) is 23.9 Å². The highest BCUT2D eigenvalue weighted by Gasteiger charge is 2.65. The highest BCUT2D eigenvalue weighted by molar-refractivity contribution is 6.03. The maximum atomic E-state index is 14.7. The maximum Gasteiger partial charge on any atom is 0.330 e. The van der Waals surface area contributed by atoms with Crippen LogP contribution in [0, 0.1) is 25.6 Å². The molecule has 4 aromatic rings. The molecule has 0 aliphatic carbocycles. The first-order valence-corrected chi connectivity index (χ1v) is 14.2. The van der Waals surface area contributed by atoms with E-state index in [0.717, 1.165) is 11.1 Å². The van der Waals surface area contributed by atoms with Gasteiger partial charge in [-0.25, -0.2) is 14.0 Å². The molecule has 1 fully saturated rings. The summed E-state index contributed by atoms with van der Waals surface area (Å²) in [6, 6.07) is 23.0. The van der Waals surface area contributed by atoms with Crippen molar-refractivity contribution in [3.05, 3.63) is 125 Å². The fraction of sp³-hybridized carbons (Fsp3) is 0.229. The van der Waals surface area contributed by atoms with E-state index in [2.05, 4.69) is 5.32 Å². The van der Waals surface area contributed by atoms with Gasteiger partial charge in [0.25, 0.3) is 0 Å². The van der Waals surface area contributed by atoms with Crippen LogP contribution in [-0.2, 0) is 4.79 Å². The number of urea groups is 1. The minimum atomic E-state index is -1.95. The molecule has 4 unspecified atom stereocenters. The second kappa shape index (κ2) is 11.1. The van der Waals surface area contributed by atoms with Crippen molar-refractivity contribution in [2.24, 2.45) is 5.92 Å². The summed E-state index contributed by atoms with van der Waals surface area (Å²) in [5, 5.41) is 13.8. The van der Waals surface area contributed by atoms with E-state index in [-0.39, 0.29) is 12.6 Å². The predicted octanol–water partition coefficient (Wildman–Crippen LogP) is 6.89. The first-order chi connectivity index (χ1) is 21.1. The van der Waals surface area contributed by atoms with Crippen molar-refractivity contribution in [3.63, 3.8) is 0 Å². The molecule has 0 saturated carbocycles. The zero-order valence-corrected chi connectivity index (χ0v) is 24.4. The monoisotopic (exact) mass is 594 g/mol. The number of benzene rings is 4. The Morgan fingerprint density at radius 3 is 2.20 bits per heavy atom. The summed E-state index contributed by atoms with van der Waals surface area (Å²) < 4.78 is 25.3. The Balaban J connectivity index is 1.60. The number of carbonyl (C=O) groups is 3. The number of carboxylic acids is 1. The average Bonchev–Trinajstić information content (AvgIpc) is 3.58. The number of amides is 2. The number of aliphatic carboxylic acids is 1. The van der Waals surface area contributed by atoms with Gasteiger partial charge in [0.15, 0.2) is 17.3 Å². The molecule has 4 atom stereocenters. The standard InChI is InChI=1S/C35H31FN2O6/c1-20-6-4-8-24(16-20)32(39)29-30(22-10-13-25(36)14-11-22)35(3,33(40)41)38(34(42)37-26-9-5-7-21(2)17-26)31(29)23-12-15-27-28(18-23)44-19-43-27/h4-18,29-31H,19H2,1-3H3,(H,37,42)(H,40,41). The van der Waals surface area contributed by atoms with Crippen molar-refractivity contribution in [1.29, 1.82) is 0 Å². The number of Topliss-reactive ketones (excluding diaryl/α,β-unsaturated/α-hetero) is 1. The van der Waals surface area contributed by atoms with Crippen LogP contribution in [0.2, 0.25) is 0 Å². The minimum Gasteiger partial charge on any atom is -0.479 e. The van der Waals surface area contributed by atoms with Gasteiger partial charge in [-0.3, -0.25) is 9.69 Å².